The van der Waals surface area contributed by atoms with E-state index in [1.807, 2.05) is 6.07 Å². The maximum Gasteiger partial charge on any atom is 0.231 e. The van der Waals surface area contributed by atoms with E-state index in [9.17, 15) is 0 Å². The second-order valence-corrected chi connectivity index (χ2v) is 7.80. The van der Waals surface area contributed by atoms with Crippen LogP contribution in [0.25, 0.3) is 11.1 Å². The third-order valence-corrected chi connectivity index (χ3v) is 5.78. The van der Waals surface area contributed by atoms with Gasteiger partial charge in [-0.1, -0.05) is 60.7 Å². The number of nitrogens with zero attached hydrogens (tertiary/aromatic N) is 2. The number of hydrogen-bond acceptors (Lipinski definition) is 4. The van der Waals surface area contributed by atoms with Crippen LogP contribution in [0.2, 0.25) is 0 Å². The number of piperazine rings is 1. The molecule has 3 aromatic rings. The lowest BCUT2D eigenvalue weighted by Crippen LogP contribution is -2.45. The molecule has 2 aliphatic rings. The molecule has 5 rings (SSSR count). The van der Waals surface area contributed by atoms with Crippen LogP contribution >= 0.6 is 0 Å². The molecular formula is C25H26N2O2. The summed E-state index contributed by atoms with van der Waals surface area (Å²) in [7, 11) is 0. The first-order chi connectivity index (χ1) is 14.3. The van der Waals surface area contributed by atoms with Gasteiger partial charge in [-0.15, -0.1) is 0 Å². The van der Waals surface area contributed by atoms with Crippen LogP contribution in [0.4, 0.5) is 0 Å². The fourth-order valence-corrected chi connectivity index (χ4v) is 4.09. The Morgan fingerprint density at radius 1 is 0.586 bits per heavy atom. The molecule has 0 unspecified atom stereocenters. The summed E-state index contributed by atoms with van der Waals surface area (Å²) in [5.41, 5.74) is 5.23. The Kier molecular flexibility index (Phi) is 5.20. The largest absolute Gasteiger partial charge is 0.454 e. The molecular weight excluding hydrogens is 360 g/mol. The number of hydrogen-bond donors (Lipinski definition) is 0. The van der Waals surface area contributed by atoms with Crippen LogP contribution < -0.4 is 9.47 Å². The van der Waals surface area contributed by atoms with Gasteiger partial charge in [-0.2, -0.15) is 0 Å². The molecule has 0 atom stereocenters. The Bertz CT molecular complexity index is 948. The first kappa shape index (κ1) is 18.2. The topological polar surface area (TPSA) is 24.9 Å². The van der Waals surface area contributed by atoms with Gasteiger partial charge in [0.2, 0.25) is 6.79 Å². The van der Waals surface area contributed by atoms with Crippen molar-refractivity contribution in [2.45, 2.75) is 13.1 Å². The molecule has 3 aromatic carbocycles. The van der Waals surface area contributed by atoms with Crippen molar-refractivity contribution >= 4 is 0 Å². The molecule has 0 spiro atoms. The highest BCUT2D eigenvalue weighted by Crippen LogP contribution is 2.32. The molecule has 148 valence electrons. The molecule has 0 N–H and O–H groups in total. The summed E-state index contributed by atoms with van der Waals surface area (Å²) in [6.45, 7) is 6.72. The first-order valence-corrected chi connectivity index (χ1v) is 10.3. The van der Waals surface area contributed by atoms with E-state index in [1.54, 1.807) is 0 Å². The van der Waals surface area contributed by atoms with Gasteiger partial charge in [0.15, 0.2) is 11.5 Å². The van der Waals surface area contributed by atoms with Gasteiger partial charge in [0.1, 0.15) is 0 Å². The standard InChI is InChI=1S/C25H26N2O2/c1-2-4-22(5-3-1)23-9-6-20(7-10-23)17-26-12-14-27(15-13-26)18-21-8-11-24-25(16-21)29-19-28-24/h1-11,16H,12-15,17-19H2. The maximum absolute atomic E-state index is 5.50. The van der Waals surface area contributed by atoms with Crippen LogP contribution in [0, 0.1) is 0 Å². The Balaban J connectivity index is 1.13. The molecule has 0 bridgehead atoms. The Labute approximate surface area is 172 Å². The van der Waals surface area contributed by atoms with Crippen LogP contribution in [0.1, 0.15) is 11.1 Å². The minimum absolute atomic E-state index is 0.337. The van der Waals surface area contributed by atoms with Gasteiger partial charge in [-0.05, 0) is 34.4 Å². The van der Waals surface area contributed by atoms with Gasteiger partial charge in [0, 0.05) is 39.3 Å². The SMILES string of the molecule is c1ccc(-c2ccc(CN3CCN(Cc4ccc5c(c4)OCO5)CC3)cc2)cc1. The monoisotopic (exact) mass is 386 g/mol. The van der Waals surface area contributed by atoms with E-state index in [0.717, 1.165) is 50.8 Å². The van der Waals surface area contributed by atoms with E-state index in [-0.39, 0.29) is 0 Å². The number of fused-ring (bicyclic) bond motifs is 1. The zero-order valence-electron chi connectivity index (χ0n) is 16.6. The molecule has 0 amide bonds. The van der Waals surface area contributed by atoms with Crippen LogP contribution in [0.5, 0.6) is 11.5 Å². The average Bonchev–Trinajstić information content (AvgIpc) is 3.24. The predicted molar refractivity (Wildman–Crippen MR) is 115 cm³/mol. The van der Waals surface area contributed by atoms with Crippen LogP contribution in [-0.2, 0) is 13.1 Å². The minimum atomic E-state index is 0.337. The Morgan fingerprint density at radius 3 is 1.90 bits per heavy atom. The number of rotatable bonds is 5. The predicted octanol–water partition coefficient (Wildman–Crippen LogP) is 4.40. The number of benzene rings is 3. The van der Waals surface area contributed by atoms with Crippen molar-refractivity contribution in [3.63, 3.8) is 0 Å². The van der Waals surface area contributed by atoms with Gasteiger partial charge < -0.3 is 9.47 Å². The zero-order chi connectivity index (χ0) is 19.5. The molecule has 0 radical (unpaired) electrons. The quantitative estimate of drug-likeness (QED) is 0.649. The van der Waals surface area contributed by atoms with E-state index >= 15 is 0 Å². The molecule has 4 heteroatoms. The van der Waals surface area contributed by atoms with Crippen molar-refractivity contribution in [2.75, 3.05) is 33.0 Å². The van der Waals surface area contributed by atoms with E-state index < -0.39 is 0 Å². The second-order valence-electron chi connectivity index (χ2n) is 7.80. The normalized spacial score (nSPS) is 16.8. The van der Waals surface area contributed by atoms with Crippen molar-refractivity contribution < 1.29 is 9.47 Å². The van der Waals surface area contributed by atoms with Crippen molar-refractivity contribution in [1.29, 1.82) is 0 Å². The maximum atomic E-state index is 5.50. The summed E-state index contributed by atoms with van der Waals surface area (Å²) >= 11 is 0. The molecule has 2 aliphatic heterocycles. The summed E-state index contributed by atoms with van der Waals surface area (Å²) in [6, 6.07) is 25.8. The van der Waals surface area contributed by atoms with Crippen molar-refractivity contribution in [1.82, 2.24) is 9.80 Å². The van der Waals surface area contributed by atoms with Gasteiger partial charge in [-0.25, -0.2) is 0 Å². The lowest BCUT2D eigenvalue weighted by atomic mass is 10.0. The summed E-state index contributed by atoms with van der Waals surface area (Å²) in [5, 5.41) is 0. The third kappa shape index (κ3) is 4.29. The molecule has 0 aromatic heterocycles. The Morgan fingerprint density at radius 2 is 1.17 bits per heavy atom. The van der Waals surface area contributed by atoms with Gasteiger partial charge in [-0.3, -0.25) is 9.80 Å². The molecule has 4 nitrogen and oxygen atoms in total. The fourth-order valence-electron chi connectivity index (χ4n) is 4.09. The molecule has 2 heterocycles. The highest BCUT2D eigenvalue weighted by molar-refractivity contribution is 5.63. The van der Waals surface area contributed by atoms with Gasteiger partial charge in [0.25, 0.3) is 0 Å². The lowest BCUT2D eigenvalue weighted by molar-refractivity contribution is 0.122. The van der Waals surface area contributed by atoms with Crippen LogP contribution in [0.3, 0.4) is 0 Å². The average molecular weight is 386 g/mol. The van der Waals surface area contributed by atoms with Crippen molar-refractivity contribution in [2.24, 2.45) is 0 Å². The summed E-state index contributed by atoms with van der Waals surface area (Å²) in [5.74, 6) is 1.73. The van der Waals surface area contributed by atoms with E-state index in [1.165, 1.54) is 22.3 Å². The molecule has 0 saturated carbocycles. The first-order valence-electron chi connectivity index (χ1n) is 10.3. The minimum Gasteiger partial charge on any atom is -0.454 e. The highest BCUT2D eigenvalue weighted by Gasteiger charge is 2.19. The second kappa shape index (κ2) is 8.27. The van der Waals surface area contributed by atoms with Gasteiger partial charge in [0.05, 0.1) is 0 Å². The smallest absolute Gasteiger partial charge is 0.231 e. The molecule has 0 aliphatic carbocycles. The molecule has 29 heavy (non-hydrogen) atoms. The fraction of sp³-hybridized carbons (Fsp3) is 0.280. The summed E-state index contributed by atoms with van der Waals surface area (Å²) in [6.07, 6.45) is 0. The number of ether oxygens (including phenoxy) is 2. The summed E-state index contributed by atoms with van der Waals surface area (Å²) in [4.78, 5) is 5.07. The van der Waals surface area contributed by atoms with Crippen molar-refractivity contribution in [3.05, 3.63) is 83.9 Å². The van der Waals surface area contributed by atoms with E-state index in [4.69, 9.17) is 9.47 Å². The van der Waals surface area contributed by atoms with Crippen LogP contribution in [-0.4, -0.2) is 42.8 Å². The lowest BCUT2D eigenvalue weighted by Gasteiger charge is -2.34. The third-order valence-electron chi connectivity index (χ3n) is 5.78. The van der Waals surface area contributed by atoms with Crippen LogP contribution in [0.15, 0.2) is 72.8 Å². The van der Waals surface area contributed by atoms with Gasteiger partial charge >= 0.3 is 0 Å². The van der Waals surface area contributed by atoms with E-state index in [0.29, 0.717) is 6.79 Å². The molecule has 1 saturated heterocycles. The molecule has 1 fully saturated rings. The van der Waals surface area contributed by atoms with Crippen molar-refractivity contribution in [3.8, 4) is 22.6 Å². The van der Waals surface area contributed by atoms with E-state index in [2.05, 4.69) is 76.5 Å². The zero-order valence-corrected chi connectivity index (χ0v) is 16.6. The highest BCUT2D eigenvalue weighted by atomic mass is 16.7. The Hall–Kier alpha value is -2.82. The summed E-state index contributed by atoms with van der Waals surface area (Å²) < 4.78 is 10.9.